The van der Waals surface area contributed by atoms with Gasteiger partial charge in [0.2, 0.25) is 0 Å². The fourth-order valence-corrected chi connectivity index (χ4v) is 2.24. The predicted molar refractivity (Wildman–Crippen MR) is 71.1 cm³/mol. The molecule has 1 saturated heterocycles. The van der Waals surface area contributed by atoms with Crippen LogP contribution in [0.3, 0.4) is 0 Å². The molecule has 0 amide bonds. The van der Waals surface area contributed by atoms with Crippen molar-refractivity contribution < 1.29 is 0 Å². The second kappa shape index (κ2) is 5.98. The van der Waals surface area contributed by atoms with Crippen LogP contribution in [0, 0.1) is 0 Å². The maximum Gasteiger partial charge on any atom is 0.128 e. The molecular formula is C13H22N4. The summed E-state index contributed by atoms with van der Waals surface area (Å²) >= 11 is 0. The van der Waals surface area contributed by atoms with Crippen molar-refractivity contribution in [2.75, 3.05) is 37.6 Å². The Hall–Kier alpha value is -1.13. The van der Waals surface area contributed by atoms with Crippen LogP contribution in [-0.2, 0) is 6.54 Å². The van der Waals surface area contributed by atoms with Crippen LogP contribution in [0.15, 0.2) is 18.3 Å². The molecule has 0 atom stereocenters. The van der Waals surface area contributed by atoms with Gasteiger partial charge < -0.3 is 10.6 Å². The van der Waals surface area contributed by atoms with Crippen molar-refractivity contribution in [3.05, 3.63) is 23.9 Å². The standard InChI is InChI=1S/C13H22N4/c1-2-5-16-6-8-17(9-7-16)13-4-3-12(10-14)11-15-13/h3-4,11H,2,5-10,14H2,1H3. The molecule has 17 heavy (non-hydrogen) atoms. The van der Waals surface area contributed by atoms with Gasteiger partial charge in [-0.15, -0.1) is 0 Å². The van der Waals surface area contributed by atoms with Crippen molar-refractivity contribution in [2.45, 2.75) is 19.9 Å². The number of hydrogen-bond acceptors (Lipinski definition) is 4. The highest BCUT2D eigenvalue weighted by atomic mass is 15.3. The van der Waals surface area contributed by atoms with Crippen molar-refractivity contribution in [1.29, 1.82) is 0 Å². The first-order valence-corrected chi connectivity index (χ1v) is 6.45. The molecule has 0 aromatic carbocycles. The Balaban J connectivity index is 1.91. The molecule has 1 aromatic rings. The van der Waals surface area contributed by atoms with Crippen LogP contribution in [0.4, 0.5) is 5.82 Å². The lowest BCUT2D eigenvalue weighted by molar-refractivity contribution is 0.258. The van der Waals surface area contributed by atoms with E-state index in [1.807, 2.05) is 6.20 Å². The zero-order chi connectivity index (χ0) is 12.1. The SMILES string of the molecule is CCCN1CCN(c2ccc(CN)cn2)CC1. The van der Waals surface area contributed by atoms with Crippen molar-refractivity contribution >= 4 is 5.82 Å². The van der Waals surface area contributed by atoms with Crippen LogP contribution in [0.5, 0.6) is 0 Å². The summed E-state index contributed by atoms with van der Waals surface area (Å²) < 4.78 is 0. The van der Waals surface area contributed by atoms with Gasteiger partial charge in [0, 0.05) is 38.9 Å². The van der Waals surface area contributed by atoms with E-state index in [2.05, 4.69) is 33.8 Å². The first-order chi connectivity index (χ1) is 8.33. The number of pyridine rings is 1. The molecule has 1 fully saturated rings. The smallest absolute Gasteiger partial charge is 0.128 e. The number of rotatable bonds is 4. The molecule has 0 saturated carbocycles. The van der Waals surface area contributed by atoms with E-state index in [4.69, 9.17) is 5.73 Å². The number of nitrogens with two attached hydrogens (primary N) is 1. The number of hydrogen-bond donors (Lipinski definition) is 1. The molecule has 0 aliphatic carbocycles. The monoisotopic (exact) mass is 234 g/mol. The highest BCUT2D eigenvalue weighted by Crippen LogP contribution is 2.13. The van der Waals surface area contributed by atoms with Crippen molar-refractivity contribution in [3.8, 4) is 0 Å². The third kappa shape index (κ3) is 3.17. The second-order valence-corrected chi connectivity index (χ2v) is 4.56. The van der Waals surface area contributed by atoms with Gasteiger partial charge in [-0.3, -0.25) is 4.90 Å². The van der Waals surface area contributed by atoms with E-state index in [0.717, 1.165) is 37.6 Å². The number of nitrogens with zero attached hydrogens (tertiary/aromatic N) is 3. The van der Waals surface area contributed by atoms with Gasteiger partial charge in [0.1, 0.15) is 5.82 Å². The molecule has 0 radical (unpaired) electrons. The summed E-state index contributed by atoms with van der Waals surface area (Å²) in [6.07, 6.45) is 3.12. The summed E-state index contributed by atoms with van der Waals surface area (Å²) in [5, 5.41) is 0. The summed E-state index contributed by atoms with van der Waals surface area (Å²) in [6.45, 7) is 8.47. The minimum absolute atomic E-state index is 0.567. The van der Waals surface area contributed by atoms with Crippen LogP contribution in [0.1, 0.15) is 18.9 Å². The Morgan fingerprint density at radius 3 is 2.53 bits per heavy atom. The van der Waals surface area contributed by atoms with Crippen LogP contribution >= 0.6 is 0 Å². The average molecular weight is 234 g/mol. The van der Waals surface area contributed by atoms with E-state index < -0.39 is 0 Å². The molecule has 0 bridgehead atoms. The molecule has 4 nitrogen and oxygen atoms in total. The lowest BCUT2D eigenvalue weighted by Crippen LogP contribution is -2.46. The van der Waals surface area contributed by atoms with Gasteiger partial charge in [-0.25, -0.2) is 4.98 Å². The van der Waals surface area contributed by atoms with E-state index in [9.17, 15) is 0 Å². The summed E-state index contributed by atoms with van der Waals surface area (Å²) in [5.41, 5.74) is 6.67. The Morgan fingerprint density at radius 2 is 2.00 bits per heavy atom. The first kappa shape index (κ1) is 12.3. The topological polar surface area (TPSA) is 45.4 Å². The van der Waals surface area contributed by atoms with Gasteiger partial charge >= 0.3 is 0 Å². The number of aromatic nitrogens is 1. The Bertz CT molecular complexity index is 328. The summed E-state index contributed by atoms with van der Waals surface area (Å²) in [7, 11) is 0. The van der Waals surface area contributed by atoms with Crippen molar-refractivity contribution in [3.63, 3.8) is 0 Å². The summed E-state index contributed by atoms with van der Waals surface area (Å²) in [5.74, 6) is 1.08. The second-order valence-electron chi connectivity index (χ2n) is 4.56. The third-order valence-corrected chi connectivity index (χ3v) is 3.28. The minimum atomic E-state index is 0.567. The average Bonchev–Trinajstić information content (AvgIpc) is 2.40. The zero-order valence-electron chi connectivity index (χ0n) is 10.6. The molecular weight excluding hydrogens is 212 g/mol. The number of piperazine rings is 1. The van der Waals surface area contributed by atoms with Crippen molar-refractivity contribution in [1.82, 2.24) is 9.88 Å². The van der Waals surface area contributed by atoms with Crippen LogP contribution in [-0.4, -0.2) is 42.6 Å². The van der Waals surface area contributed by atoms with E-state index in [-0.39, 0.29) is 0 Å². The Morgan fingerprint density at radius 1 is 1.24 bits per heavy atom. The van der Waals surface area contributed by atoms with Gasteiger partial charge in [-0.1, -0.05) is 13.0 Å². The Labute approximate surface area is 103 Å². The summed E-state index contributed by atoms with van der Waals surface area (Å²) in [6, 6.07) is 4.15. The van der Waals surface area contributed by atoms with Crippen molar-refractivity contribution in [2.24, 2.45) is 5.73 Å². The number of anilines is 1. The van der Waals surface area contributed by atoms with Gasteiger partial charge in [0.15, 0.2) is 0 Å². The fourth-order valence-electron chi connectivity index (χ4n) is 2.24. The maximum atomic E-state index is 5.57. The highest BCUT2D eigenvalue weighted by Gasteiger charge is 2.16. The predicted octanol–water partition coefficient (Wildman–Crippen LogP) is 1.07. The molecule has 1 aliphatic rings. The molecule has 1 aromatic heterocycles. The molecule has 2 N–H and O–H groups in total. The van der Waals surface area contributed by atoms with Crippen LogP contribution < -0.4 is 10.6 Å². The van der Waals surface area contributed by atoms with Gasteiger partial charge in [0.05, 0.1) is 0 Å². The molecule has 1 aliphatic heterocycles. The van der Waals surface area contributed by atoms with Gasteiger partial charge in [0.25, 0.3) is 0 Å². The van der Waals surface area contributed by atoms with Gasteiger partial charge in [-0.2, -0.15) is 0 Å². The van der Waals surface area contributed by atoms with E-state index in [0.29, 0.717) is 6.54 Å². The largest absolute Gasteiger partial charge is 0.354 e. The van der Waals surface area contributed by atoms with Gasteiger partial charge in [-0.05, 0) is 24.6 Å². The van der Waals surface area contributed by atoms with Crippen LogP contribution in [0.2, 0.25) is 0 Å². The van der Waals surface area contributed by atoms with E-state index in [1.54, 1.807) is 0 Å². The quantitative estimate of drug-likeness (QED) is 0.846. The van der Waals surface area contributed by atoms with E-state index in [1.165, 1.54) is 13.0 Å². The zero-order valence-corrected chi connectivity index (χ0v) is 10.6. The highest BCUT2D eigenvalue weighted by molar-refractivity contribution is 5.39. The maximum absolute atomic E-state index is 5.57. The lowest BCUT2D eigenvalue weighted by atomic mass is 10.2. The molecule has 0 spiro atoms. The first-order valence-electron chi connectivity index (χ1n) is 6.45. The lowest BCUT2D eigenvalue weighted by Gasteiger charge is -2.35. The molecule has 0 unspecified atom stereocenters. The van der Waals surface area contributed by atoms with E-state index >= 15 is 0 Å². The molecule has 2 rings (SSSR count). The fraction of sp³-hybridized carbons (Fsp3) is 0.615. The van der Waals surface area contributed by atoms with Crippen LogP contribution in [0.25, 0.3) is 0 Å². The minimum Gasteiger partial charge on any atom is -0.354 e. The Kier molecular flexibility index (Phi) is 4.34. The molecule has 2 heterocycles. The molecule has 4 heteroatoms. The summed E-state index contributed by atoms with van der Waals surface area (Å²) in [4.78, 5) is 9.34. The molecule has 94 valence electrons. The normalized spacial score (nSPS) is 17.4. The third-order valence-electron chi connectivity index (χ3n) is 3.28.